The molecule has 1 fully saturated rings. The predicted octanol–water partition coefficient (Wildman–Crippen LogP) is 1.41. The van der Waals surface area contributed by atoms with E-state index in [-0.39, 0.29) is 6.10 Å². The van der Waals surface area contributed by atoms with Crippen molar-refractivity contribution in [1.29, 1.82) is 0 Å². The molecule has 5 heteroatoms. The molecule has 0 aromatic carbocycles. The van der Waals surface area contributed by atoms with Gasteiger partial charge < -0.3 is 4.74 Å². The summed E-state index contributed by atoms with van der Waals surface area (Å²) in [5.41, 5.74) is 8.13. The van der Waals surface area contributed by atoms with Crippen LogP contribution >= 0.6 is 0 Å². The summed E-state index contributed by atoms with van der Waals surface area (Å²) >= 11 is 0. The molecule has 0 N–H and O–H groups in total. The third-order valence-corrected chi connectivity index (χ3v) is 2.57. The van der Waals surface area contributed by atoms with Gasteiger partial charge in [-0.1, -0.05) is 5.11 Å². The van der Waals surface area contributed by atoms with Crippen LogP contribution in [0.1, 0.15) is 13.8 Å². The lowest BCUT2D eigenvalue weighted by molar-refractivity contribution is -0.0538. The van der Waals surface area contributed by atoms with Gasteiger partial charge in [-0.2, -0.15) is 0 Å². The summed E-state index contributed by atoms with van der Waals surface area (Å²) in [6.07, 6.45) is 0.278. The van der Waals surface area contributed by atoms with Crippen LogP contribution in [0.4, 0.5) is 0 Å². The van der Waals surface area contributed by atoms with Crippen LogP contribution < -0.4 is 0 Å². The average molecular weight is 184 g/mol. The van der Waals surface area contributed by atoms with E-state index in [1.807, 2.05) is 0 Å². The normalized spacial score (nSPS) is 29.7. The van der Waals surface area contributed by atoms with Gasteiger partial charge in [-0.15, -0.1) is 0 Å². The molecule has 0 amide bonds. The zero-order chi connectivity index (χ0) is 9.68. The third-order valence-electron chi connectivity index (χ3n) is 2.57. The van der Waals surface area contributed by atoms with Crippen LogP contribution in [0.5, 0.6) is 0 Å². The summed E-state index contributed by atoms with van der Waals surface area (Å²) in [4.78, 5) is 5.03. The lowest BCUT2D eigenvalue weighted by atomic mass is 10.1. The van der Waals surface area contributed by atoms with Crippen LogP contribution in [-0.4, -0.2) is 43.3 Å². The zero-order valence-electron chi connectivity index (χ0n) is 8.18. The van der Waals surface area contributed by atoms with Gasteiger partial charge in [-0.05, 0) is 19.4 Å². The van der Waals surface area contributed by atoms with E-state index >= 15 is 0 Å². The lowest BCUT2D eigenvalue weighted by Crippen LogP contribution is -2.49. The van der Waals surface area contributed by atoms with E-state index in [0.717, 1.165) is 19.7 Å². The Balaban J connectivity index is 2.34. The molecule has 1 rings (SSSR count). The maximum absolute atomic E-state index is 8.13. The molecule has 13 heavy (non-hydrogen) atoms. The molecular formula is C8H16N4O. The van der Waals surface area contributed by atoms with Crippen molar-refractivity contribution in [2.24, 2.45) is 5.11 Å². The van der Waals surface area contributed by atoms with Crippen molar-refractivity contribution in [3.63, 3.8) is 0 Å². The first-order valence-corrected chi connectivity index (χ1v) is 4.62. The van der Waals surface area contributed by atoms with Crippen molar-refractivity contribution in [1.82, 2.24) is 4.90 Å². The van der Waals surface area contributed by atoms with Crippen LogP contribution in [0.15, 0.2) is 5.11 Å². The summed E-state index contributed by atoms with van der Waals surface area (Å²) in [5, 5.41) is 3.52. The molecular weight excluding hydrogens is 168 g/mol. The maximum atomic E-state index is 8.13. The molecule has 2 unspecified atom stereocenters. The van der Waals surface area contributed by atoms with Crippen molar-refractivity contribution < 1.29 is 4.74 Å². The summed E-state index contributed by atoms with van der Waals surface area (Å²) < 4.78 is 5.48. The Hall–Kier alpha value is -0.770. The monoisotopic (exact) mass is 184 g/mol. The Bertz CT molecular complexity index is 202. The van der Waals surface area contributed by atoms with Crippen LogP contribution in [-0.2, 0) is 4.74 Å². The topological polar surface area (TPSA) is 61.2 Å². The van der Waals surface area contributed by atoms with Gasteiger partial charge in [0.05, 0.1) is 12.7 Å². The first kappa shape index (κ1) is 10.3. The number of ether oxygens (including phenoxy) is 1. The van der Waals surface area contributed by atoms with Gasteiger partial charge in [0.25, 0.3) is 0 Å². The highest BCUT2D eigenvalue weighted by atomic mass is 16.5. The van der Waals surface area contributed by atoms with E-state index in [2.05, 4.69) is 28.8 Å². The number of hydrogen-bond donors (Lipinski definition) is 0. The minimum absolute atomic E-state index is 0.278. The van der Waals surface area contributed by atoms with Gasteiger partial charge in [0, 0.05) is 30.6 Å². The van der Waals surface area contributed by atoms with Gasteiger partial charge in [-0.25, -0.2) is 0 Å². The second-order valence-corrected chi connectivity index (χ2v) is 3.31. The molecule has 1 heterocycles. The van der Waals surface area contributed by atoms with Crippen molar-refractivity contribution in [3.05, 3.63) is 10.4 Å². The molecule has 1 aliphatic heterocycles. The summed E-state index contributed by atoms with van der Waals surface area (Å²) in [7, 11) is 0. The molecule has 0 saturated carbocycles. The molecule has 0 spiro atoms. The first-order chi connectivity index (χ1) is 6.25. The number of hydrogen-bond acceptors (Lipinski definition) is 3. The van der Waals surface area contributed by atoms with Crippen LogP contribution in [0, 0.1) is 0 Å². The molecule has 0 aromatic heterocycles. The first-order valence-electron chi connectivity index (χ1n) is 4.62. The third kappa shape index (κ3) is 2.88. The molecule has 0 bridgehead atoms. The van der Waals surface area contributed by atoms with Crippen molar-refractivity contribution in [3.8, 4) is 0 Å². The fourth-order valence-corrected chi connectivity index (χ4v) is 1.53. The number of rotatable bonds is 3. The number of morpholine rings is 1. The minimum atomic E-state index is 0.278. The minimum Gasteiger partial charge on any atom is -0.376 e. The molecule has 2 atom stereocenters. The molecule has 0 aromatic rings. The van der Waals surface area contributed by atoms with Crippen LogP contribution in [0.3, 0.4) is 0 Å². The summed E-state index contributed by atoms with van der Waals surface area (Å²) in [5.74, 6) is 0. The lowest BCUT2D eigenvalue weighted by Gasteiger charge is -2.37. The second kappa shape index (κ2) is 5.07. The Morgan fingerprint density at radius 2 is 2.38 bits per heavy atom. The van der Waals surface area contributed by atoms with E-state index in [4.69, 9.17) is 10.3 Å². The molecule has 74 valence electrons. The van der Waals surface area contributed by atoms with Gasteiger partial charge in [0.2, 0.25) is 0 Å². The Kier molecular flexibility index (Phi) is 4.02. The standard InChI is InChI=1S/C8H16N4O/c1-7-8(2)13-6-5-12(7)4-3-10-11-9/h7-8H,3-6H2,1-2H3. The largest absolute Gasteiger partial charge is 0.376 e. The van der Waals surface area contributed by atoms with Gasteiger partial charge in [-0.3, -0.25) is 4.90 Å². The molecule has 1 aliphatic rings. The van der Waals surface area contributed by atoms with Crippen molar-refractivity contribution in [2.45, 2.75) is 26.0 Å². The highest BCUT2D eigenvalue weighted by Crippen LogP contribution is 2.12. The van der Waals surface area contributed by atoms with E-state index in [1.54, 1.807) is 0 Å². The second-order valence-electron chi connectivity index (χ2n) is 3.31. The van der Waals surface area contributed by atoms with E-state index in [0.29, 0.717) is 12.6 Å². The van der Waals surface area contributed by atoms with Gasteiger partial charge in [0.1, 0.15) is 0 Å². The SMILES string of the molecule is CC1OCCN(CCN=[N+]=[N-])C1C. The maximum Gasteiger partial charge on any atom is 0.0700 e. The number of nitrogens with zero attached hydrogens (tertiary/aromatic N) is 4. The van der Waals surface area contributed by atoms with Crippen LogP contribution in [0.2, 0.25) is 0 Å². The fraction of sp³-hybridized carbons (Fsp3) is 1.00. The van der Waals surface area contributed by atoms with E-state index < -0.39 is 0 Å². The summed E-state index contributed by atoms with van der Waals surface area (Å²) in [6, 6.07) is 0.419. The smallest absolute Gasteiger partial charge is 0.0700 e. The molecule has 0 radical (unpaired) electrons. The van der Waals surface area contributed by atoms with Crippen molar-refractivity contribution >= 4 is 0 Å². The van der Waals surface area contributed by atoms with Gasteiger partial charge >= 0.3 is 0 Å². The highest BCUT2D eigenvalue weighted by Gasteiger charge is 2.24. The quantitative estimate of drug-likeness (QED) is 0.378. The van der Waals surface area contributed by atoms with Crippen molar-refractivity contribution in [2.75, 3.05) is 26.2 Å². The summed E-state index contributed by atoms with van der Waals surface area (Å²) in [6.45, 7) is 7.31. The van der Waals surface area contributed by atoms with E-state index in [1.165, 1.54) is 0 Å². The average Bonchev–Trinajstić information content (AvgIpc) is 2.13. The zero-order valence-corrected chi connectivity index (χ0v) is 8.18. The Morgan fingerprint density at radius 3 is 3.08 bits per heavy atom. The molecule has 0 aliphatic carbocycles. The number of azide groups is 1. The van der Waals surface area contributed by atoms with Gasteiger partial charge in [0.15, 0.2) is 0 Å². The molecule has 1 saturated heterocycles. The fourth-order valence-electron chi connectivity index (χ4n) is 1.53. The van der Waals surface area contributed by atoms with E-state index in [9.17, 15) is 0 Å². The van der Waals surface area contributed by atoms with Crippen LogP contribution in [0.25, 0.3) is 10.4 Å². The Labute approximate surface area is 78.3 Å². The Morgan fingerprint density at radius 1 is 1.62 bits per heavy atom. The molecule has 5 nitrogen and oxygen atoms in total. The highest BCUT2D eigenvalue weighted by molar-refractivity contribution is 4.77. The predicted molar refractivity (Wildman–Crippen MR) is 50.5 cm³/mol.